The van der Waals surface area contributed by atoms with E-state index in [1.807, 2.05) is 56.3 Å². The number of methoxy groups -OCH3 is 3. The zero-order chi connectivity index (χ0) is 22.1. The molecule has 1 aliphatic heterocycles. The summed E-state index contributed by atoms with van der Waals surface area (Å²) in [7, 11) is 4.77. The predicted octanol–water partition coefficient (Wildman–Crippen LogP) is 4.37. The number of thioether (sulfide) groups is 1. The van der Waals surface area contributed by atoms with Crippen LogP contribution in [-0.2, 0) is 4.79 Å². The average Bonchev–Trinajstić information content (AvgIpc) is 3.04. The van der Waals surface area contributed by atoms with Crippen LogP contribution in [0.3, 0.4) is 0 Å². The fraction of sp³-hybridized carbons (Fsp3) is 0.304. The first kappa shape index (κ1) is 21.1. The van der Waals surface area contributed by atoms with Crippen molar-refractivity contribution < 1.29 is 19.0 Å². The van der Waals surface area contributed by atoms with Crippen LogP contribution in [0, 0.1) is 6.92 Å². The number of amides is 1. The van der Waals surface area contributed by atoms with E-state index in [0.717, 1.165) is 22.5 Å². The quantitative estimate of drug-likeness (QED) is 0.636. The monoisotopic (exact) mass is 439 g/mol. The molecule has 162 valence electrons. The summed E-state index contributed by atoms with van der Waals surface area (Å²) in [6, 6.07) is 13.7. The summed E-state index contributed by atoms with van der Waals surface area (Å²) >= 11 is 1.57. The minimum Gasteiger partial charge on any atom is -0.493 e. The summed E-state index contributed by atoms with van der Waals surface area (Å²) in [6.07, 6.45) is 0. The van der Waals surface area contributed by atoms with Gasteiger partial charge in [0.2, 0.25) is 11.7 Å². The van der Waals surface area contributed by atoms with Gasteiger partial charge in [0.05, 0.1) is 43.2 Å². The third kappa shape index (κ3) is 3.72. The first-order valence-corrected chi connectivity index (χ1v) is 10.8. The van der Waals surface area contributed by atoms with E-state index in [2.05, 4.69) is 5.32 Å². The van der Waals surface area contributed by atoms with Gasteiger partial charge >= 0.3 is 0 Å². The highest BCUT2D eigenvalue weighted by molar-refractivity contribution is 8.01. The van der Waals surface area contributed by atoms with Crippen molar-refractivity contribution in [3.05, 3.63) is 59.3 Å². The molecule has 31 heavy (non-hydrogen) atoms. The topological polar surface area (TPSA) is 74.6 Å². The molecular formula is C23H25N3O4S. The van der Waals surface area contributed by atoms with E-state index >= 15 is 0 Å². The highest BCUT2D eigenvalue weighted by atomic mass is 32.2. The van der Waals surface area contributed by atoms with Crippen molar-refractivity contribution in [3.63, 3.8) is 0 Å². The van der Waals surface area contributed by atoms with Crippen LogP contribution in [0.4, 0.5) is 5.82 Å². The summed E-state index contributed by atoms with van der Waals surface area (Å²) in [5, 5.41) is 7.43. The normalized spacial score (nSPS) is 18.0. The molecule has 1 aliphatic rings. The van der Waals surface area contributed by atoms with E-state index in [1.165, 1.54) is 0 Å². The van der Waals surface area contributed by atoms with Crippen LogP contribution in [0.1, 0.15) is 29.0 Å². The van der Waals surface area contributed by atoms with Crippen molar-refractivity contribution in [2.24, 2.45) is 0 Å². The molecule has 0 unspecified atom stereocenters. The maximum absolute atomic E-state index is 12.9. The van der Waals surface area contributed by atoms with Gasteiger partial charge in [-0.1, -0.05) is 18.2 Å². The third-order valence-corrected chi connectivity index (χ3v) is 6.71. The van der Waals surface area contributed by atoms with Gasteiger partial charge in [-0.2, -0.15) is 5.10 Å². The van der Waals surface area contributed by atoms with Gasteiger partial charge in [0.1, 0.15) is 5.82 Å². The van der Waals surface area contributed by atoms with E-state index in [-0.39, 0.29) is 16.4 Å². The molecule has 1 aromatic heterocycles. The smallest absolute Gasteiger partial charge is 0.238 e. The number of aryl methyl sites for hydroxylation is 1. The lowest BCUT2D eigenvalue weighted by Gasteiger charge is -2.20. The molecular weight excluding hydrogens is 414 g/mol. The second kappa shape index (κ2) is 8.55. The van der Waals surface area contributed by atoms with Crippen molar-refractivity contribution in [2.75, 3.05) is 26.6 Å². The molecule has 0 radical (unpaired) electrons. The average molecular weight is 440 g/mol. The lowest BCUT2D eigenvalue weighted by molar-refractivity contribution is -0.115. The Morgan fingerprint density at radius 2 is 1.68 bits per heavy atom. The standard InChI is InChI=1S/C23H25N3O4S/c1-13-19-21(15-11-17(28-3)20(30-5)18(12-15)29-4)31-14(2)23(27)24-22(19)26(25-13)16-9-7-6-8-10-16/h6-12,14,21H,1-5H3,(H,24,27)/t14-,21+/m0/s1. The van der Waals surface area contributed by atoms with Gasteiger partial charge in [-0.05, 0) is 43.7 Å². The number of fused-ring (bicyclic) bond motifs is 1. The first-order valence-electron chi connectivity index (χ1n) is 9.89. The second-order valence-electron chi connectivity index (χ2n) is 7.20. The van der Waals surface area contributed by atoms with Gasteiger partial charge in [0.25, 0.3) is 0 Å². The Hall–Kier alpha value is -3.13. The van der Waals surface area contributed by atoms with Crippen LogP contribution in [-0.4, -0.2) is 42.3 Å². The van der Waals surface area contributed by atoms with Gasteiger partial charge in [0, 0.05) is 5.56 Å². The van der Waals surface area contributed by atoms with E-state index < -0.39 is 0 Å². The minimum atomic E-state index is -0.264. The molecule has 1 N–H and O–H groups in total. The first-order chi connectivity index (χ1) is 15.0. The molecule has 0 bridgehead atoms. The Kier molecular flexibility index (Phi) is 5.82. The van der Waals surface area contributed by atoms with Gasteiger partial charge in [-0.25, -0.2) is 4.68 Å². The van der Waals surface area contributed by atoms with Gasteiger partial charge in [-0.3, -0.25) is 4.79 Å². The lowest BCUT2D eigenvalue weighted by atomic mass is 10.0. The Morgan fingerprint density at radius 1 is 1.03 bits per heavy atom. The number of nitrogens with one attached hydrogen (secondary N) is 1. The number of hydrogen-bond donors (Lipinski definition) is 1. The number of ether oxygens (including phenoxy) is 3. The van der Waals surface area contributed by atoms with Crippen LogP contribution in [0.25, 0.3) is 5.69 Å². The fourth-order valence-corrected chi connectivity index (χ4v) is 5.08. The zero-order valence-electron chi connectivity index (χ0n) is 18.1. The summed E-state index contributed by atoms with van der Waals surface area (Å²) in [6.45, 7) is 3.87. The number of rotatable bonds is 5. The van der Waals surface area contributed by atoms with Crippen LogP contribution < -0.4 is 19.5 Å². The number of benzene rings is 2. The molecule has 0 fully saturated rings. The molecule has 7 nitrogen and oxygen atoms in total. The van der Waals surface area contributed by atoms with Crippen molar-refractivity contribution in [1.82, 2.24) is 9.78 Å². The van der Waals surface area contributed by atoms with Crippen LogP contribution in [0.15, 0.2) is 42.5 Å². The van der Waals surface area contributed by atoms with Crippen LogP contribution >= 0.6 is 11.8 Å². The van der Waals surface area contributed by atoms with Gasteiger partial charge in [0.15, 0.2) is 11.5 Å². The molecule has 0 spiro atoms. The summed E-state index contributed by atoms with van der Waals surface area (Å²) in [5.41, 5.74) is 3.63. The molecule has 1 amide bonds. The fourth-order valence-electron chi connectivity index (χ4n) is 3.78. The van der Waals surface area contributed by atoms with Crippen LogP contribution in [0.2, 0.25) is 0 Å². The molecule has 0 aliphatic carbocycles. The number of aromatic nitrogens is 2. The molecule has 0 saturated carbocycles. The predicted molar refractivity (Wildman–Crippen MR) is 122 cm³/mol. The summed E-state index contributed by atoms with van der Waals surface area (Å²) in [4.78, 5) is 12.9. The maximum atomic E-state index is 12.9. The van der Waals surface area contributed by atoms with E-state index in [0.29, 0.717) is 23.1 Å². The Balaban J connectivity index is 1.93. The van der Waals surface area contributed by atoms with Crippen LogP contribution in [0.5, 0.6) is 17.2 Å². The third-order valence-electron chi connectivity index (χ3n) is 5.31. The highest BCUT2D eigenvalue weighted by Gasteiger charge is 2.35. The van der Waals surface area contributed by atoms with E-state index in [1.54, 1.807) is 37.8 Å². The molecule has 0 saturated heterocycles. The molecule has 2 atom stereocenters. The Morgan fingerprint density at radius 3 is 2.26 bits per heavy atom. The zero-order valence-corrected chi connectivity index (χ0v) is 18.9. The van der Waals surface area contributed by atoms with E-state index in [4.69, 9.17) is 19.3 Å². The van der Waals surface area contributed by atoms with Crippen molar-refractivity contribution in [1.29, 1.82) is 0 Å². The summed E-state index contributed by atoms with van der Waals surface area (Å²) < 4.78 is 18.4. The molecule has 2 heterocycles. The number of nitrogens with zero attached hydrogens (tertiary/aromatic N) is 2. The van der Waals surface area contributed by atoms with Gasteiger partial charge < -0.3 is 19.5 Å². The molecule has 3 aromatic rings. The number of carbonyl (C=O) groups excluding carboxylic acids is 1. The number of para-hydroxylation sites is 1. The summed E-state index contributed by atoms with van der Waals surface area (Å²) in [5.74, 6) is 2.31. The molecule has 8 heteroatoms. The number of carbonyl (C=O) groups is 1. The van der Waals surface area contributed by atoms with E-state index in [9.17, 15) is 4.79 Å². The van der Waals surface area contributed by atoms with Crippen molar-refractivity contribution >= 4 is 23.5 Å². The van der Waals surface area contributed by atoms with Crippen molar-refractivity contribution in [3.8, 4) is 22.9 Å². The Labute approximate surface area is 185 Å². The molecule has 2 aromatic carbocycles. The number of anilines is 1. The maximum Gasteiger partial charge on any atom is 0.238 e. The van der Waals surface area contributed by atoms with Crippen molar-refractivity contribution in [2.45, 2.75) is 24.3 Å². The second-order valence-corrected chi connectivity index (χ2v) is 8.65. The largest absolute Gasteiger partial charge is 0.493 e. The molecule has 4 rings (SSSR count). The SMILES string of the molecule is COc1cc([C@H]2S[C@@H](C)C(=O)Nc3c2c(C)nn3-c2ccccc2)cc(OC)c1OC. The lowest BCUT2D eigenvalue weighted by Crippen LogP contribution is -2.22. The Bertz CT molecular complexity index is 1090. The highest BCUT2D eigenvalue weighted by Crippen LogP contribution is 2.49. The van der Waals surface area contributed by atoms with Gasteiger partial charge in [-0.15, -0.1) is 11.8 Å². The minimum absolute atomic E-state index is 0.0572. The number of hydrogen-bond acceptors (Lipinski definition) is 6.